The van der Waals surface area contributed by atoms with Gasteiger partial charge in [0.25, 0.3) is 0 Å². The maximum Gasteiger partial charge on any atom is 0.126 e. The highest BCUT2D eigenvalue weighted by molar-refractivity contribution is 9.09. The van der Waals surface area contributed by atoms with Gasteiger partial charge in [0, 0.05) is 4.83 Å². The van der Waals surface area contributed by atoms with Crippen LogP contribution in [-0.2, 0) is 0 Å². The number of halogens is 2. The molecule has 1 aliphatic rings. The van der Waals surface area contributed by atoms with Crippen LogP contribution in [0.3, 0.4) is 0 Å². The van der Waals surface area contributed by atoms with Gasteiger partial charge in [0.15, 0.2) is 0 Å². The molecule has 1 aliphatic carbocycles. The molecule has 0 aromatic heterocycles. The van der Waals surface area contributed by atoms with E-state index in [0.717, 1.165) is 11.1 Å². The predicted molar refractivity (Wildman–Crippen MR) is 69.7 cm³/mol. The molecule has 0 saturated heterocycles. The number of rotatable bonds is 1. The van der Waals surface area contributed by atoms with Crippen molar-refractivity contribution < 1.29 is 4.39 Å². The second kappa shape index (κ2) is 5.31. The van der Waals surface area contributed by atoms with Gasteiger partial charge in [0.2, 0.25) is 0 Å². The van der Waals surface area contributed by atoms with Gasteiger partial charge >= 0.3 is 0 Å². The summed E-state index contributed by atoms with van der Waals surface area (Å²) < 4.78 is 13.5. The van der Waals surface area contributed by atoms with E-state index in [2.05, 4.69) is 22.0 Å². The number of hydrogen-bond acceptors (Lipinski definition) is 0. The van der Waals surface area contributed by atoms with Crippen molar-refractivity contribution in [3.63, 3.8) is 0 Å². The quantitative estimate of drug-likeness (QED) is 0.506. The molecule has 0 heterocycles. The van der Waals surface area contributed by atoms with Crippen LogP contribution in [-0.4, -0.2) is 4.83 Å². The maximum atomic E-state index is 13.5. The second-order valence-electron chi connectivity index (χ2n) is 4.77. The molecule has 1 saturated carbocycles. The van der Waals surface area contributed by atoms with Gasteiger partial charge in [-0.25, -0.2) is 4.39 Å². The van der Waals surface area contributed by atoms with Gasteiger partial charge in [-0.2, -0.15) is 0 Å². The van der Waals surface area contributed by atoms with Crippen LogP contribution in [0.1, 0.15) is 49.1 Å². The van der Waals surface area contributed by atoms with Crippen LogP contribution in [0.4, 0.5) is 4.39 Å². The van der Waals surface area contributed by atoms with E-state index >= 15 is 0 Å². The van der Waals surface area contributed by atoms with Crippen LogP contribution in [0.15, 0.2) is 18.2 Å². The molecule has 1 aromatic rings. The number of aryl methyl sites for hydroxylation is 1. The average Bonchev–Trinajstić information content (AvgIpc) is 2.47. The Hall–Kier alpha value is -0.370. The molecule has 16 heavy (non-hydrogen) atoms. The lowest BCUT2D eigenvalue weighted by Gasteiger charge is -2.20. The zero-order valence-electron chi connectivity index (χ0n) is 9.68. The molecule has 1 aromatic carbocycles. The Labute approximate surface area is 105 Å². The lowest BCUT2D eigenvalue weighted by molar-refractivity contribution is 0.588. The third-order valence-corrected chi connectivity index (χ3v) is 4.65. The Morgan fingerprint density at radius 3 is 2.69 bits per heavy atom. The first-order valence-electron chi connectivity index (χ1n) is 6.08. The van der Waals surface area contributed by atoms with Crippen molar-refractivity contribution in [2.75, 3.05) is 0 Å². The monoisotopic (exact) mass is 284 g/mol. The molecule has 2 heteroatoms. The van der Waals surface area contributed by atoms with Gasteiger partial charge in [0.1, 0.15) is 5.82 Å². The molecule has 1 fully saturated rings. The molecule has 0 N–H and O–H groups in total. The van der Waals surface area contributed by atoms with E-state index in [4.69, 9.17) is 0 Å². The molecule has 2 rings (SSSR count). The summed E-state index contributed by atoms with van der Waals surface area (Å²) in [7, 11) is 0. The van der Waals surface area contributed by atoms with Crippen molar-refractivity contribution in [2.45, 2.75) is 49.8 Å². The lowest BCUT2D eigenvalue weighted by atomic mass is 9.91. The SMILES string of the molecule is Cc1ccc(C2CCCCCC2Br)cc1F. The van der Waals surface area contributed by atoms with Crippen molar-refractivity contribution in [3.05, 3.63) is 35.1 Å². The molecular weight excluding hydrogens is 267 g/mol. The van der Waals surface area contributed by atoms with Crippen molar-refractivity contribution in [1.82, 2.24) is 0 Å². The third-order valence-electron chi connectivity index (χ3n) is 3.56. The summed E-state index contributed by atoms with van der Waals surface area (Å²) in [6.07, 6.45) is 6.26. The van der Waals surface area contributed by atoms with E-state index in [-0.39, 0.29) is 5.82 Å². The molecule has 0 aliphatic heterocycles. The molecule has 0 amide bonds. The number of hydrogen-bond donors (Lipinski definition) is 0. The summed E-state index contributed by atoms with van der Waals surface area (Å²) in [5, 5.41) is 0. The fourth-order valence-electron chi connectivity index (χ4n) is 2.48. The summed E-state index contributed by atoms with van der Waals surface area (Å²) in [5.74, 6) is 0.416. The number of benzene rings is 1. The fourth-order valence-corrected chi connectivity index (χ4v) is 3.37. The molecule has 0 nitrogen and oxygen atoms in total. The first kappa shape index (κ1) is 12.1. The van der Waals surface area contributed by atoms with Crippen LogP contribution in [0.2, 0.25) is 0 Å². The van der Waals surface area contributed by atoms with Crippen LogP contribution in [0.25, 0.3) is 0 Å². The molecule has 0 bridgehead atoms. The summed E-state index contributed by atoms with van der Waals surface area (Å²) >= 11 is 3.76. The van der Waals surface area contributed by atoms with E-state index in [1.165, 1.54) is 32.1 Å². The van der Waals surface area contributed by atoms with Gasteiger partial charge in [-0.15, -0.1) is 0 Å². The Balaban J connectivity index is 2.23. The molecule has 88 valence electrons. The first-order valence-corrected chi connectivity index (χ1v) is 7.00. The largest absolute Gasteiger partial charge is 0.207 e. The smallest absolute Gasteiger partial charge is 0.126 e. The molecule has 2 atom stereocenters. The minimum absolute atomic E-state index is 0.0681. The van der Waals surface area contributed by atoms with Crippen LogP contribution < -0.4 is 0 Å². The summed E-state index contributed by atoms with van der Waals surface area (Å²) in [6, 6.07) is 5.71. The van der Waals surface area contributed by atoms with Gasteiger partial charge in [-0.3, -0.25) is 0 Å². The van der Waals surface area contributed by atoms with Gasteiger partial charge in [0.05, 0.1) is 0 Å². The fraction of sp³-hybridized carbons (Fsp3) is 0.571. The summed E-state index contributed by atoms with van der Waals surface area (Å²) in [6.45, 7) is 1.82. The molecular formula is C14H18BrF. The highest BCUT2D eigenvalue weighted by Crippen LogP contribution is 2.36. The topological polar surface area (TPSA) is 0 Å². The van der Waals surface area contributed by atoms with Gasteiger partial charge in [-0.05, 0) is 42.9 Å². The van der Waals surface area contributed by atoms with Crippen LogP contribution in [0, 0.1) is 12.7 Å². The minimum atomic E-state index is -0.0681. The third kappa shape index (κ3) is 2.65. The highest BCUT2D eigenvalue weighted by atomic mass is 79.9. The minimum Gasteiger partial charge on any atom is -0.207 e. The highest BCUT2D eigenvalue weighted by Gasteiger charge is 2.23. The zero-order valence-corrected chi connectivity index (χ0v) is 11.3. The number of alkyl halides is 1. The maximum absolute atomic E-state index is 13.5. The first-order chi connectivity index (χ1) is 7.68. The van der Waals surface area contributed by atoms with E-state index in [0.29, 0.717) is 10.7 Å². The lowest BCUT2D eigenvalue weighted by Crippen LogP contribution is -2.11. The Kier molecular flexibility index (Phi) is 4.01. The predicted octanol–water partition coefficient (Wildman–Crippen LogP) is 4.95. The molecule has 0 spiro atoms. The van der Waals surface area contributed by atoms with Gasteiger partial charge < -0.3 is 0 Å². The van der Waals surface area contributed by atoms with Crippen molar-refractivity contribution >= 4 is 15.9 Å². The molecule has 0 radical (unpaired) electrons. The van der Waals surface area contributed by atoms with Crippen molar-refractivity contribution in [2.24, 2.45) is 0 Å². The summed E-state index contributed by atoms with van der Waals surface area (Å²) in [5.41, 5.74) is 1.90. The van der Waals surface area contributed by atoms with Gasteiger partial charge in [-0.1, -0.05) is 47.3 Å². The van der Waals surface area contributed by atoms with E-state index in [1.807, 2.05) is 13.0 Å². The van der Waals surface area contributed by atoms with E-state index < -0.39 is 0 Å². The van der Waals surface area contributed by atoms with E-state index in [1.54, 1.807) is 6.07 Å². The van der Waals surface area contributed by atoms with E-state index in [9.17, 15) is 4.39 Å². The van der Waals surface area contributed by atoms with Crippen molar-refractivity contribution in [1.29, 1.82) is 0 Å². The summed E-state index contributed by atoms with van der Waals surface area (Å²) in [4.78, 5) is 0.511. The standard InChI is InChI=1S/C14H18BrF/c1-10-7-8-11(9-14(10)16)12-5-3-2-4-6-13(12)15/h7-9,12-13H,2-6H2,1H3. The normalized spacial score (nSPS) is 26.4. The Morgan fingerprint density at radius 1 is 1.19 bits per heavy atom. The Morgan fingerprint density at radius 2 is 1.94 bits per heavy atom. The van der Waals surface area contributed by atoms with Crippen molar-refractivity contribution in [3.8, 4) is 0 Å². The van der Waals surface area contributed by atoms with Crippen LogP contribution in [0.5, 0.6) is 0 Å². The molecule has 2 unspecified atom stereocenters. The Bertz CT molecular complexity index is 362. The average molecular weight is 285 g/mol. The second-order valence-corrected chi connectivity index (χ2v) is 5.95. The van der Waals surface area contributed by atoms with Crippen LogP contribution >= 0.6 is 15.9 Å². The zero-order chi connectivity index (χ0) is 11.5.